The lowest BCUT2D eigenvalue weighted by Gasteiger charge is -2.61. The molecule has 7 nitrogen and oxygen atoms in total. The molecule has 4 N–H and O–H groups in total. The number of benzene rings is 1. The molecule has 2 aromatic rings. The number of rotatable bonds is 9. The lowest BCUT2D eigenvalue weighted by molar-refractivity contribution is -0.274. The molecule has 5 fully saturated rings. The molecule has 1 unspecified atom stereocenters. The van der Waals surface area contributed by atoms with Crippen molar-refractivity contribution in [3.05, 3.63) is 41.8 Å². The first-order chi connectivity index (χ1) is 19.1. The van der Waals surface area contributed by atoms with E-state index in [1.807, 2.05) is 0 Å². The molecule has 5 atom stereocenters. The highest BCUT2D eigenvalue weighted by atomic mass is 19.4. The van der Waals surface area contributed by atoms with Gasteiger partial charge in [0.05, 0.1) is 12.3 Å². The van der Waals surface area contributed by atoms with Crippen molar-refractivity contribution in [2.75, 3.05) is 17.2 Å². The van der Waals surface area contributed by atoms with Gasteiger partial charge in [-0.25, -0.2) is 9.37 Å². The van der Waals surface area contributed by atoms with Crippen LogP contribution in [0, 0.1) is 29.0 Å². The second-order valence-corrected chi connectivity index (χ2v) is 12.4. The summed E-state index contributed by atoms with van der Waals surface area (Å²) in [5, 5.41) is 20.0. The number of para-hydroxylation sites is 1. The minimum Gasteiger partial charge on any atom is -0.405 e. The van der Waals surface area contributed by atoms with Crippen molar-refractivity contribution in [1.82, 2.24) is 15.3 Å². The van der Waals surface area contributed by atoms with Crippen LogP contribution >= 0.6 is 0 Å². The van der Waals surface area contributed by atoms with E-state index in [1.165, 1.54) is 31.0 Å². The molecule has 0 aliphatic heterocycles. The van der Waals surface area contributed by atoms with E-state index in [2.05, 4.69) is 30.7 Å². The minimum atomic E-state index is -4.80. The highest BCUT2D eigenvalue weighted by molar-refractivity contribution is 5.43. The van der Waals surface area contributed by atoms with Gasteiger partial charge < -0.3 is 25.8 Å². The van der Waals surface area contributed by atoms with Gasteiger partial charge in [-0.05, 0) is 87.0 Å². The number of nitrogens with one attached hydrogen (secondary N) is 3. The molecule has 5 aliphatic rings. The summed E-state index contributed by atoms with van der Waals surface area (Å²) in [5.41, 5.74) is 0.388. The van der Waals surface area contributed by atoms with Gasteiger partial charge in [0.15, 0.2) is 11.6 Å². The molecule has 0 spiro atoms. The molecule has 1 aromatic heterocycles. The molecule has 1 aromatic carbocycles. The fourth-order valence-corrected chi connectivity index (χ4v) is 8.09. The van der Waals surface area contributed by atoms with Crippen LogP contribution in [-0.4, -0.2) is 46.2 Å². The summed E-state index contributed by atoms with van der Waals surface area (Å²) in [6, 6.07) is 6.86. The summed E-state index contributed by atoms with van der Waals surface area (Å²) >= 11 is 0. The first-order valence-corrected chi connectivity index (χ1v) is 14.4. The molecule has 218 valence electrons. The van der Waals surface area contributed by atoms with Gasteiger partial charge in [-0.15, -0.1) is 13.2 Å². The number of aromatic nitrogens is 2. The Morgan fingerprint density at radius 2 is 1.73 bits per heavy atom. The lowest BCUT2D eigenvalue weighted by atomic mass is 9.47. The summed E-state index contributed by atoms with van der Waals surface area (Å²) in [7, 11) is 0. The number of nitrogens with zero attached hydrogens (tertiary/aromatic N) is 2. The fraction of sp³-hybridized carbons (Fsp3) is 0.655. The molecule has 5 aliphatic carbocycles. The van der Waals surface area contributed by atoms with E-state index in [0.29, 0.717) is 36.4 Å². The Kier molecular flexibility index (Phi) is 7.54. The molecule has 7 rings (SSSR count). The molecule has 0 amide bonds. The second-order valence-electron chi connectivity index (χ2n) is 12.4. The molecule has 1 heterocycles. The van der Waals surface area contributed by atoms with E-state index >= 15 is 0 Å². The highest BCUT2D eigenvalue weighted by Gasteiger charge is 2.55. The zero-order valence-corrected chi connectivity index (χ0v) is 22.4. The number of aliphatic hydroxyl groups excluding tert-OH is 1. The summed E-state index contributed by atoms with van der Waals surface area (Å²) in [6.07, 6.45) is 5.82. The maximum absolute atomic E-state index is 14.7. The number of anilines is 2. The molecular weight excluding hydrogens is 526 g/mol. The number of hydrogen-bond acceptors (Lipinski definition) is 7. The smallest absolute Gasteiger partial charge is 0.405 e. The normalized spacial score (nSPS) is 33.1. The van der Waals surface area contributed by atoms with E-state index in [0.717, 1.165) is 51.1 Å². The molecule has 0 radical (unpaired) electrons. The predicted molar refractivity (Wildman–Crippen MR) is 142 cm³/mol. The quantitative estimate of drug-likeness (QED) is 0.294. The van der Waals surface area contributed by atoms with Crippen molar-refractivity contribution in [1.29, 1.82) is 0 Å². The first kappa shape index (κ1) is 27.5. The summed E-state index contributed by atoms with van der Waals surface area (Å²) < 4.78 is 57.0. The van der Waals surface area contributed by atoms with Crippen LogP contribution in [0.25, 0.3) is 0 Å². The third-order valence-electron chi connectivity index (χ3n) is 9.54. The van der Waals surface area contributed by atoms with Crippen LogP contribution in [-0.2, 0) is 6.54 Å². The van der Waals surface area contributed by atoms with Crippen molar-refractivity contribution >= 4 is 11.8 Å². The molecule has 40 heavy (non-hydrogen) atoms. The maximum atomic E-state index is 14.7. The van der Waals surface area contributed by atoms with Crippen LogP contribution in [0.5, 0.6) is 5.75 Å². The van der Waals surface area contributed by atoms with Crippen LogP contribution in [0.4, 0.5) is 29.3 Å². The van der Waals surface area contributed by atoms with E-state index in [1.54, 1.807) is 6.07 Å². The van der Waals surface area contributed by atoms with Crippen LogP contribution in [0.2, 0.25) is 0 Å². The van der Waals surface area contributed by atoms with Gasteiger partial charge in [-0.1, -0.05) is 18.2 Å². The van der Waals surface area contributed by atoms with Gasteiger partial charge in [0.2, 0.25) is 5.95 Å². The Labute approximate surface area is 231 Å². The molecule has 4 bridgehead atoms. The monoisotopic (exact) mass is 563 g/mol. The Morgan fingerprint density at radius 1 is 1.00 bits per heavy atom. The summed E-state index contributed by atoms with van der Waals surface area (Å²) in [5.74, 6) is 1.30. The largest absolute Gasteiger partial charge is 0.573 e. The highest BCUT2D eigenvalue weighted by Crippen LogP contribution is 2.60. The van der Waals surface area contributed by atoms with Crippen LogP contribution < -0.4 is 20.7 Å². The van der Waals surface area contributed by atoms with E-state index in [-0.39, 0.29) is 41.1 Å². The van der Waals surface area contributed by atoms with E-state index in [4.69, 9.17) is 0 Å². The molecule has 5 saturated carbocycles. The standard InChI is InChI=1S/C29H37F4N5O2/c30-23-15-35-27(34-14-18-3-1-2-4-24(18)40-29(31,32)33)38-26(23)36-16-28-11-17-9-19(12-28)25(20(10-17)13-28)37-21-5-7-22(39)8-6-21/h1-4,15,17,19-22,25,37,39H,5-14,16H2,(H2,34,35,36,38)/t17?,19-,20+,21?,22?,25-,28-. The Hall–Kier alpha value is -2.66. The minimum absolute atomic E-state index is 0.0132. The molecule has 11 heteroatoms. The van der Waals surface area contributed by atoms with Gasteiger partial charge in [0.25, 0.3) is 0 Å². The third kappa shape index (κ3) is 6.15. The SMILES string of the molecule is OC1CCC(N[C@@H]2[C@@H]3CC4C[C@H]2C[C@@](CNc2nc(NCc5ccccc5OC(F)(F)F)ncc2F)(C4)C3)CC1. The zero-order valence-electron chi connectivity index (χ0n) is 22.4. The van der Waals surface area contributed by atoms with Crippen molar-refractivity contribution < 1.29 is 27.4 Å². The predicted octanol–water partition coefficient (Wildman–Crippen LogP) is 5.63. The van der Waals surface area contributed by atoms with Gasteiger partial charge in [0, 0.05) is 30.7 Å². The van der Waals surface area contributed by atoms with Gasteiger partial charge >= 0.3 is 6.36 Å². The number of halogens is 4. The van der Waals surface area contributed by atoms with Crippen molar-refractivity contribution in [2.24, 2.45) is 23.2 Å². The fourth-order valence-electron chi connectivity index (χ4n) is 8.09. The number of alkyl halides is 3. The average molecular weight is 564 g/mol. The third-order valence-corrected chi connectivity index (χ3v) is 9.54. The second kappa shape index (κ2) is 11.0. The van der Waals surface area contributed by atoms with E-state index in [9.17, 15) is 22.7 Å². The Balaban J connectivity index is 1.08. The van der Waals surface area contributed by atoms with E-state index < -0.39 is 12.2 Å². The van der Waals surface area contributed by atoms with Gasteiger partial charge in [-0.2, -0.15) is 4.98 Å². The first-order valence-electron chi connectivity index (χ1n) is 14.4. The maximum Gasteiger partial charge on any atom is 0.573 e. The van der Waals surface area contributed by atoms with Crippen LogP contribution in [0.3, 0.4) is 0 Å². The number of hydrogen-bond donors (Lipinski definition) is 4. The van der Waals surface area contributed by atoms with Gasteiger partial charge in [0.1, 0.15) is 5.75 Å². The average Bonchev–Trinajstić information content (AvgIpc) is 2.90. The van der Waals surface area contributed by atoms with Gasteiger partial charge in [-0.3, -0.25) is 0 Å². The van der Waals surface area contributed by atoms with Crippen LogP contribution in [0.15, 0.2) is 30.5 Å². The van der Waals surface area contributed by atoms with Crippen molar-refractivity contribution in [3.8, 4) is 5.75 Å². The summed E-state index contributed by atoms with van der Waals surface area (Å²) in [4.78, 5) is 8.28. The number of aliphatic hydroxyl groups is 1. The molecular formula is C29H37F4N5O2. The lowest BCUT2D eigenvalue weighted by Crippen LogP contribution is -2.61. The molecule has 0 saturated heterocycles. The zero-order chi connectivity index (χ0) is 27.9. The number of ether oxygens (including phenoxy) is 1. The van der Waals surface area contributed by atoms with Crippen molar-refractivity contribution in [2.45, 2.75) is 88.9 Å². The van der Waals surface area contributed by atoms with Crippen LogP contribution in [0.1, 0.15) is 63.4 Å². The Morgan fingerprint density at radius 3 is 2.45 bits per heavy atom. The van der Waals surface area contributed by atoms with Crippen molar-refractivity contribution in [3.63, 3.8) is 0 Å². The Bertz CT molecular complexity index is 1170. The topological polar surface area (TPSA) is 91.3 Å². The summed E-state index contributed by atoms with van der Waals surface area (Å²) in [6.45, 7) is 0.620.